The first-order valence-electron chi connectivity index (χ1n) is 14.7. The second-order valence-corrected chi connectivity index (χ2v) is 10.9. The molecule has 0 fully saturated rings. The number of unbranched alkanes of at least 4 members (excludes halogenated alkanes) is 5. The Hall–Kier alpha value is -1.42. The molecule has 0 spiro atoms. The molecule has 0 aliphatic heterocycles. The van der Waals surface area contributed by atoms with Crippen LogP contribution in [-0.4, -0.2) is 60.8 Å². The van der Waals surface area contributed by atoms with Gasteiger partial charge in [-0.3, -0.25) is 19.2 Å². The van der Waals surface area contributed by atoms with Crippen molar-refractivity contribution in [1.29, 1.82) is 0 Å². The summed E-state index contributed by atoms with van der Waals surface area (Å²) in [5, 5.41) is -2.39. The smallest absolute Gasteiger partial charge is 0.319 e. The molecule has 39 heavy (non-hydrogen) atoms. The van der Waals surface area contributed by atoms with Crippen molar-refractivity contribution < 1.29 is 38.1 Å². The zero-order chi connectivity index (χ0) is 29.6. The first kappa shape index (κ1) is 37.6. The molecule has 0 aliphatic carbocycles. The van der Waals surface area contributed by atoms with Gasteiger partial charge in [-0.05, 0) is 38.0 Å². The van der Waals surface area contributed by atoms with Crippen molar-refractivity contribution in [3.05, 3.63) is 0 Å². The highest BCUT2D eigenvalue weighted by atomic mass is 32.1. The Morgan fingerprint density at radius 2 is 0.769 bits per heavy atom. The van der Waals surface area contributed by atoms with E-state index in [1.807, 2.05) is 34.6 Å². The van der Waals surface area contributed by atoms with Gasteiger partial charge >= 0.3 is 23.9 Å². The van der Waals surface area contributed by atoms with Gasteiger partial charge in [0.05, 0.1) is 38.3 Å². The summed E-state index contributed by atoms with van der Waals surface area (Å²) < 4.78 is 21.9. The lowest BCUT2D eigenvalue weighted by Gasteiger charge is -2.35. The Balaban J connectivity index is 6.50. The molecule has 0 aliphatic rings. The molecule has 0 radical (unpaired) electrons. The lowest BCUT2D eigenvalue weighted by Crippen LogP contribution is -2.48. The molecular weight excluding hydrogens is 540 g/mol. The molecule has 0 aromatic heterocycles. The van der Waals surface area contributed by atoms with E-state index >= 15 is 0 Å². The van der Waals surface area contributed by atoms with E-state index in [2.05, 4.69) is 25.3 Å². The molecule has 0 amide bonds. The molecule has 0 aromatic carbocycles. The lowest BCUT2D eigenvalue weighted by molar-refractivity contribution is -0.164. The van der Waals surface area contributed by atoms with Crippen molar-refractivity contribution in [2.24, 2.45) is 17.8 Å². The van der Waals surface area contributed by atoms with Gasteiger partial charge in [-0.2, -0.15) is 25.3 Å². The first-order chi connectivity index (χ1) is 18.7. The highest BCUT2D eigenvalue weighted by Gasteiger charge is 2.49. The molecule has 4 atom stereocenters. The van der Waals surface area contributed by atoms with Gasteiger partial charge in [0.2, 0.25) is 0 Å². The molecular formula is C29H52O8S2. The molecule has 228 valence electrons. The number of hydrogen-bond donors (Lipinski definition) is 2. The van der Waals surface area contributed by atoms with E-state index in [9.17, 15) is 19.2 Å². The Labute approximate surface area is 246 Å². The summed E-state index contributed by atoms with van der Waals surface area (Å²) in [6.07, 6.45) is 7.70. The van der Waals surface area contributed by atoms with E-state index < -0.39 is 52.1 Å². The third-order valence-electron chi connectivity index (χ3n) is 6.49. The van der Waals surface area contributed by atoms with Gasteiger partial charge < -0.3 is 18.9 Å². The van der Waals surface area contributed by atoms with Crippen LogP contribution >= 0.6 is 25.3 Å². The van der Waals surface area contributed by atoms with Crippen LogP contribution in [0.2, 0.25) is 0 Å². The number of rotatable bonds is 23. The van der Waals surface area contributed by atoms with Gasteiger partial charge in [-0.1, -0.05) is 73.1 Å². The number of thiol groups is 2. The number of carbonyl (C=O) groups excluding carboxylic acids is 4. The average molecular weight is 593 g/mol. The lowest BCUT2D eigenvalue weighted by atomic mass is 9.74. The zero-order valence-electron chi connectivity index (χ0n) is 24.7. The van der Waals surface area contributed by atoms with E-state index in [1.54, 1.807) is 0 Å². The van der Waals surface area contributed by atoms with Gasteiger partial charge in [0.25, 0.3) is 0 Å². The van der Waals surface area contributed by atoms with Crippen LogP contribution in [0.3, 0.4) is 0 Å². The van der Waals surface area contributed by atoms with Crippen molar-refractivity contribution in [2.45, 2.75) is 116 Å². The maximum Gasteiger partial charge on any atom is 0.319 e. The molecule has 0 aromatic rings. The summed E-state index contributed by atoms with van der Waals surface area (Å²) >= 11 is 9.07. The number of esters is 4. The third kappa shape index (κ3) is 14.7. The highest BCUT2D eigenvalue weighted by molar-refractivity contribution is 7.82. The van der Waals surface area contributed by atoms with Gasteiger partial charge in [-0.15, -0.1) is 0 Å². The Kier molecular flexibility index (Phi) is 22.5. The van der Waals surface area contributed by atoms with Crippen molar-refractivity contribution in [1.82, 2.24) is 0 Å². The van der Waals surface area contributed by atoms with Gasteiger partial charge in [0.1, 0.15) is 10.5 Å². The van der Waals surface area contributed by atoms with Gasteiger partial charge in [0.15, 0.2) is 0 Å². The predicted octanol–water partition coefficient (Wildman–Crippen LogP) is 6.00. The van der Waals surface area contributed by atoms with Gasteiger partial charge in [0, 0.05) is 0 Å². The van der Waals surface area contributed by atoms with Gasteiger partial charge in [-0.25, -0.2) is 0 Å². The summed E-state index contributed by atoms with van der Waals surface area (Å²) in [6, 6.07) is 0. The minimum Gasteiger partial charge on any atom is -0.465 e. The monoisotopic (exact) mass is 592 g/mol. The van der Waals surface area contributed by atoms with E-state index in [0.717, 1.165) is 32.1 Å². The van der Waals surface area contributed by atoms with Crippen molar-refractivity contribution in [3.63, 3.8) is 0 Å². The largest absolute Gasteiger partial charge is 0.465 e. The predicted molar refractivity (Wildman–Crippen MR) is 159 cm³/mol. The Morgan fingerprint density at radius 3 is 1.05 bits per heavy atom. The second kappa shape index (κ2) is 23.3. The van der Waals surface area contributed by atoms with E-state index in [1.165, 1.54) is 0 Å². The molecule has 0 bridgehead atoms. The number of hydrogen-bond acceptors (Lipinski definition) is 10. The average Bonchev–Trinajstić information content (AvgIpc) is 2.91. The fraction of sp³-hybridized carbons (Fsp3) is 0.862. The minimum absolute atomic E-state index is 0.173. The Morgan fingerprint density at radius 1 is 0.487 bits per heavy atom. The van der Waals surface area contributed by atoms with Crippen LogP contribution in [0, 0.1) is 17.8 Å². The minimum atomic E-state index is -1.19. The summed E-state index contributed by atoms with van der Waals surface area (Å²) in [4.78, 5) is 53.1. The van der Waals surface area contributed by atoms with E-state index in [4.69, 9.17) is 18.9 Å². The van der Waals surface area contributed by atoms with Crippen LogP contribution in [0.4, 0.5) is 0 Å². The molecule has 10 heteroatoms. The normalized spacial score (nSPS) is 14.9. The summed E-state index contributed by atoms with van der Waals surface area (Å²) in [5.41, 5.74) is 0. The molecule has 0 N–H and O–H groups in total. The van der Waals surface area contributed by atoms with Crippen LogP contribution in [-0.2, 0) is 38.1 Å². The molecule has 0 saturated heterocycles. The molecule has 4 unspecified atom stereocenters. The van der Waals surface area contributed by atoms with Crippen molar-refractivity contribution >= 4 is 49.1 Å². The second-order valence-electron chi connectivity index (χ2n) is 9.83. The van der Waals surface area contributed by atoms with Crippen LogP contribution in [0.15, 0.2) is 0 Å². The maximum absolute atomic E-state index is 13.5. The topological polar surface area (TPSA) is 105 Å². The fourth-order valence-corrected chi connectivity index (χ4v) is 4.86. The quantitative estimate of drug-likeness (QED) is 0.0645. The van der Waals surface area contributed by atoms with E-state index in [0.29, 0.717) is 38.5 Å². The van der Waals surface area contributed by atoms with Crippen LogP contribution < -0.4 is 0 Å². The van der Waals surface area contributed by atoms with Crippen molar-refractivity contribution in [3.8, 4) is 0 Å². The standard InChI is InChI=1S/C29H52O8S2/c1-6-11-16-21(22(26(30)34-17-12-7-2)24(38)28(32)36-19-14-9-4)23(27(31)35-18-13-8-3)25(39)29(33)37-20-15-10-5/h21-25,38-39H,6-20H2,1-5H3. The SMILES string of the molecule is CCCCOC(=O)C(S)C(C(=O)OCCCC)C(CCCC)C(C(=O)OCCCC)C(S)C(=O)OCCCC. The van der Waals surface area contributed by atoms with Crippen molar-refractivity contribution in [2.75, 3.05) is 26.4 Å². The molecule has 8 nitrogen and oxygen atoms in total. The van der Waals surface area contributed by atoms with E-state index in [-0.39, 0.29) is 26.4 Å². The third-order valence-corrected chi connectivity index (χ3v) is 7.55. The number of ether oxygens (including phenoxy) is 4. The molecule has 0 rings (SSSR count). The summed E-state index contributed by atoms with van der Waals surface area (Å²) in [6.45, 7) is 10.6. The number of carbonyl (C=O) groups is 4. The van der Waals surface area contributed by atoms with Crippen LogP contribution in [0.1, 0.15) is 105 Å². The fourth-order valence-electron chi connectivity index (χ4n) is 4.02. The first-order valence-corrected chi connectivity index (χ1v) is 15.8. The van der Waals surface area contributed by atoms with Crippen LogP contribution in [0.5, 0.6) is 0 Å². The Bertz CT molecular complexity index is 649. The molecule has 0 saturated carbocycles. The summed E-state index contributed by atoms with van der Waals surface area (Å²) in [7, 11) is 0. The van der Waals surface area contributed by atoms with Crippen LogP contribution in [0.25, 0.3) is 0 Å². The highest BCUT2D eigenvalue weighted by Crippen LogP contribution is 2.37. The maximum atomic E-state index is 13.5. The zero-order valence-corrected chi connectivity index (χ0v) is 26.4. The molecule has 0 heterocycles. The summed E-state index contributed by atoms with van der Waals surface area (Å²) in [5.74, 6) is -5.72.